The third-order valence-corrected chi connectivity index (χ3v) is 5.32. The van der Waals surface area contributed by atoms with Crippen molar-refractivity contribution in [1.29, 1.82) is 0 Å². The molecule has 2 aromatic heterocycles. The van der Waals surface area contributed by atoms with Crippen molar-refractivity contribution >= 4 is 21.4 Å². The number of nitrogens with one attached hydrogen (secondary N) is 1. The van der Waals surface area contributed by atoms with Crippen LogP contribution in [0.5, 0.6) is 0 Å². The Morgan fingerprint density at radius 2 is 1.81 bits per heavy atom. The smallest absolute Gasteiger partial charge is 0.236 e. The molecule has 4 aromatic rings. The van der Waals surface area contributed by atoms with Crippen LogP contribution in [-0.4, -0.2) is 17.8 Å². The van der Waals surface area contributed by atoms with Gasteiger partial charge in [0.25, 0.3) is 0 Å². The zero-order valence-electron chi connectivity index (χ0n) is 14.2. The van der Waals surface area contributed by atoms with Crippen molar-refractivity contribution in [3.8, 4) is 11.3 Å². The van der Waals surface area contributed by atoms with Crippen LogP contribution in [0.25, 0.3) is 16.9 Å². The van der Waals surface area contributed by atoms with Crippen LogP contribution < -0.4 is 4.72 Å². The zero-order chi connectivity index (χ0) is 18.9. The molecule has 0 amide bonds. The lowest BCUT2D eigenvalue weighted by Crippen LogP contribution is -2.15. The molecule has 136 valence electrons. The number of halogens is 1. The first-order valence-electron chi connectivity index (χ1n) is 8.28. The Balaban J connectivity index is 1.51. The minimum atomic E-state index is -3.64. The first-order chi connectivity index (χ1) is 13.0. The summed E-state index contributed by atoms with van der Waals surface area (Å²) in [5, 5.41) is 0. The summed E-state index contributed by atoms with van der Waals surface area (Å²) in [5.74, 6) is -0.752. The van der Waals surface area contributed by atoms with Gasteiger partial charge in [-0.1, -0.05) is 30.3 Å². The van der Waals surface area contributed by atoms with Crippen molar-refractivity contribution in [3.05, 3.63) is 90.5 Å². The average molecular weight is 381 g/mol. The minimum absolute atomic E-state index is 0.293. The molecule has 0 saturated carbocycles. The van der Waals surface area contributed by atoms with Crippen molar-refractivity contribution in [2.24, 2.45) is 0 Å². The summed E-state index contributed by atoms with van der Waals surface area (Å²) in [6, 6.07) is 18.3. The monoisotopic (exact) mass is 381 g/mol. The van der Waals surface area contributed by atoms with Crippen LogP contribution in [0.15, 0.2) is 79.1 Å². The molecule has 0 aliphatic rings. The van der Waals surface area contributed by atoms with Crippen LogP contribution in [0.1, 0.15) is 5.56 Å². The summed E-state index contributed by atoms with van der Waals surface area (Å²) < 4.78 is 42.3. The molecule has 2 heterocycles. The molecule has 0 radical (unpaired) electrons. The third kappa shape index (κ3) is 3.98. The Morgan fingerprint density at radius 3 is 2.56 bits per heavy atom. The highest BCUT2D eigenvalue weighted by molar-refractivity contribution is 7.91. The van der Waals surface area contributed by atoms with Crippen LogP contribution in [-0.2, 0) is 15.8 Å². The van der Waals surface area contributed by atoms with Gasteiger partial charge in [-0.3, -0.25) is 4.72 Å². The van der Waals surface area contributed by atoms with E-state index in [9.17, 15) is 12.8 Å². The van der Waals surface area contributed by atoms with Gasteiger partial charge in [0.15, 0.2) is 0 Å². The van der Waals surface area contributed by atoms with Crippen molar-refractivity contribution in [2.75, 3.05) is 4.72 Å². The largest absolute Gasteiger partial charge is 0.306 e. The van der Waals surface area contributed by atoms with Gasteiger partial charge in [0.1, 0.15) is 11.5 Å². The summed E-state index contributed by atoms with van der Waals surface area (Å²) in [5.41, 5.74) is 3.36. The second-order valence-electron chi connectivity index (χ2n) is 6.16. The van der Waals surface area contributed by atoms with E-state index in [1.54, 1.807) is 18.2 Å². The standard InChI is InChI=1S/C20H16FN3O2S/c21-17-5-3-4-15(12-17)14-27(25,26)23-18-9-7-16(8-10-18)19-13-24-11-2-1-6-20(24)22-19/h1-13,23H,14H2. The molecule has 0 aliphatic carbocycles. The van der Waals surface area contributed by atoms with E-state index in [0.29, 0.717) is 11.3 Å². The van der Waals surface area contributed by atoms with Crippen molar-refractivity contribution in [3.63, 3.8) is 0 Å². The average Bonchev–Trinajstić information content (AvgIpc) is 3.05. The summed E-state index contributed by atoms with van der Waals surface area (Å²) in [6.45, 7) is 0. The number of hydrogen-bond acceptors (Lipinski definition) is 3. The fourth-order valence-electron chi connectivity index (χ4n) is 2.84. The maximum Gasteiger partial charge on any atom is 0.236 e. The quantitative estimate of drug-likeness (QED) is 0.566. The number of imidazole rings is 1. The molecule has 0 saturated heterocycles. The number of pyridine rings is 1. The summed E-state index contributed by atoms with van der Waals surface area (Å²) in [4.78, 5) is 4.54. The van der Waals surface area contributed by atoms with Gasteiger partial charge in [0.2, 0.25) is 10.0 Å². The number of hydrogen-bond donors (Lipinski definition) is 1. The minimum Gasteiger partial charge on any atom is -0.306 e. The molecule has 0 atom stereocenters. The molecule has 2 aromatic carbocycles. The fraction of sp³-hybridized carbons (Fsp3) is 0.0500. The van der Waals surface area contributed by atoms with Crippen LogP contribution in [0.2, 0.25) is 0 Å². The molecule has 0 aliphatic heterocycles. The Kier molecular flexibility index (Phi) is 4.37. The van der Waals surface area contributed by atoms with E-state index >= 15 is 0 Å². The Morgan fingerprint density at radius 1 is 1.00 bits per heavy atom. The van der Waals surface area contributed by atoms with Crippen LogP contribution in [0.3, 0.4) is 0 Å². The Hall–Kier alpha value is -3.19. The van der Waals surface area contributed by atoms with E-state index in [0.717, 1.165) is 16.9 Å². The van der Waals surface area contributed by atoms with E-state index in [1.165, 1.54) is 18.2 Å². The highest BCUT2D eigenvalue weighted by Gasteiger charge is 2.13. The van der Waals surface area contributed by atoms with Crippen LogP contribution >= 0.6 is 0 Å². The van der Waals surface area contributed by atoms with Crippen molar-refractivity contribution in [1.82, 2.24) is 9.38 Å². The Labute approximate surface area is 156 Å². The molecule has 7 heteroatoms. The highest BCUT2D eigenvalue weighted by Crippen LogP contribution is 2.22. The normalized spacial score (nSPS) is 11.6. The predicted molar refractivity (Wildman–Crippen MR) is 103 cm³/mol. The second-order valence-corrected chi connectivity index (χ2v) is 7.88. The summed E-state index contributed by atoms with van der Waals surface area (Å²) >= 11 is 0. The molecule has 0 unspecified atom stereocenters. The first-order valence-corrected chi connectivity index (χ1v) is 9.93. The topological polar surface area (TPSA) is 63.5 Å². The van der Waals surface area contributed by atoms with Crippen molar-refractivity contribution < 1.29 is 12.8 Å². The number of sulfonamides is 1. The molecule has 0 spiro atoms. The number of fused-ring (bicyclic) bond motifs is 1. The molecule has 5 nitrogen and oxygen atoms in total. The summed E-state index contributed by atoms with van der Waals surface area (Å²) in [6.07, 6.45) is 3.83. The second kappa shape index (κ2) is 6.85. The molecule has 27 heavy (non-hydrogen) atoms. The molecule has 0 fully saturated rings. The first kappa shape index (κ1) is 17.2. The molecule has 4 rings (SSSR count). The lowest BCUT2D eigenvalue weighted by molar-refractivity contribution is 0.599. The number of benzene rings is 2. The van der Waals surface area contributed by atoms with E-state index < -0.39 is 15.8 Å². The van der Waals surface area contributed by atoms with Gasteiger partial charge in [-0.2, -0.15) is 0 Å². The molecule has 0 bridgehead atoms. The van der Waals surface area contributed by atoms with Gasteiger partial charge >= 0.3 is 0 Å². The van der Waals surface area contributed by atoms with E-state index in [2.05, 4.69) is 9.71 Å². The maximum absolute atomic E-state index is 13.2. The zero-order valence-corrected chi connectivity index (χ0v) is 15.0. The fourth-order valence-corrected chi connectivity index (χ4v) is 4.03. The Bertz CT molecular complexity index is 1170. The molecular formula is C20H16FN3O2S. The van der Waals surface area contributed by atoms with E-state index in [1.807, 2.05) is 47.1 Å². The molecular weight excluding hydrogens is 365 g/mol. The van der Waals surface area contributed by atoms with E-state index in [-0.39, 0.29) is 5.75 Å². The van der Waals surface area contributed by atoms with Crippen LogP contribution in [0.4, 0.5) is 10.1 Å². The number of aromatic nitrogens is 2. The highest BCUT2D eigenvalue weighted by atomic mass is 32.2. The van der Waals surface area contributed by atoms with Crippen molar-refractivity contribution in [2.45, 2.75) is 5.75 Å². The summed E-state index contributed by atoms with van der Waals surface area (Å²) in [7, 11) is -3.64. The van der Waals surface area contributed by atoms with Gasteiger partial charge in [-0.05, 0) is 42.0 Å². The van der Waals surface area contributed by atoms with Gasteiger partial charge in [0, 0.05) is 23.6 Å². The van der Waals surface area contributed by atoms with Gasteiger partial charge in [0.05, 0.1) is 11.4 Å². The molecule has 1 N–H and O–H groups in total. The number of anilines is 1. The maximum atomic E-state index is 13.2. The lowest BCUT2D eigenvalue weighted by atomic mass is 10.1. The number of nitrogens with zero attached hydrogens (tertiary/aromatic N) is 2. The lowest BCUT2D eigenvalue weighted by Gasteiger charge is -2.08. The van der Waals surface area contributed by atoms with E-state index in [4.69, 9.17) is 0 Å². The SMILES string of the molecule is O=S(=O)(Cc1cccc(F)c1)Nc1ccc(-c2cn3ccccc3n2)cc1. The van der Waals surface area contributed by atoms with Gasteiger partial charge in [-0.15, -0.1) is 0 Å². The van der Waals surface area contributed by atoms with Gasteiger partial charge < -0.3 is 4.40 Å². The third-order valence-electron chi connectivity index (χ3n) is 4.06. The van der Waals surface area contributed by atoms with Gasteiger partial charge in [-0.25, -0.2) is 17.8 Å². The number of rotatable bonds is 5. The predicted octanol–water partition coefficient (Wildman–Crippen LogP) is 4.08. The van der Waals surface area contributed by atoms with Crippen LogP contribution in [0, 0.1) is 5.82 Å².